The molecule has 3 rings (SSSR count). The van der Waals surface area contributed by atoms with Gasteiger partial charge in [0.2, 0.25) is 0 Å². The van der Waals surface area contributed by atoms with E-state index in [0.29, 0.717) is 16.7 Å². The summed E-state index contributed by atoms with van der Waals surface area (Å²) in [6.07, 6.45) is 1.37. The minimum absolute atomic E-state index is 0.0500. The molecule has 0 aliphatic rings. The van der Waals surface area contributed by atoms with E-state index in [1.807, 2.05) is 20.8 Å². The highest BCUT2D eigenvalue weighted by molar-refractivity contribution is 7.92. The number of hydrogen-bond donors (Lipinski definition) is 1. The van der Waals surface area contributed by atoms with Gasteiger partial charge in [0, 0.05) is 5.56 Å². The highest BCUT2D eigenvalue weighted by atomic mass is 32.2. The standard InChI is InChI=1S/C20H23FN4O2S/c1-12-13(2)15(4)19(16(5)14(12)3)28(26,27)24-20-22-11-25(23-20)10-17-8-6-7-9-18(17)21/h6-9,11H,10H2,1-5H3,(H,23,24). The average molecular weight is 402 g/mol. The van der Waals surface area contributed by atoms with Crippen LogP contribution in [0.25, 0.3) is 0 Å². The van der Waals surface area contributed by atoms with Crippen LogP contribution in [-0.4, -0.2) is 23.2 Å². The molecule has 2 aromatic carbocycles. The van der Waals surface area contributed by atoms with E-state index in [4.69, 9.17) is 0 Å². The monoisotopic (exact) mass is 402 g/mol. The highest BCUT2D eigenvalue weighted by Gasteiger charge is 2.25. The van der Waals surface area contributed by atoms with Crippen LogP contribution in [0.4, 0.5) is 10.3 Å². The molecule has 28 heavy (non-hydrogen) atoms. The molecule has 0 aliphatic heterocycles. The van der Waals surface area contributed by atoms with Gasteiger partial charge in [-0.1, -0.05) is 18.2 Å². The molecule has 0 amide bonds. The van der Waals surface area contributed by atoms with Crippen molar-refractivity contribution in [3.05, 3.63) is 69.8 Å². The second kappa shape index (κ2) is 7.35. The fourth-order valence-corrected chi connectivity index (χ4v) is 4.81. The molecule has 148 valence electrons. The van der Waals surface area contributed by atoms with E-state index in [-0.39, 0.29) is 23.2 Å². The van der Waals surface area contributed by atoms with Gasteiger partial charge in [-0.15, -0.1) is 5.10 Å². The summed E-state index contributed by atoms with van der Waals surface area (Å²) in [5.74, 6) is -0.400. The zero-order valence-corrected chi connectivity index (χ0v) is 17.4. The van der Waals surface area contributed by atoms with Crippen LogP contribution in [0.3, 0.4) is 0 Å². The summed E-state index contributed by atoms with van der Waals surface area (Å²) in [5.41, 5.74) is 4.83. The first kappa shape index (κ1) is 20.0. The topological polar surface area (TPSA) is 76.9 Å². The number of nitrogens with zero attached hydrogens (tertiary/aromatic N) is 3. The Balaban J connectivity index is 1.91. The second-order valence-electron chi connectivity index (χ2n) is 6.92. The van der Waals surface area contributed by atoms with Crippen molar-refractivity contribution >= 4 is 16.0 Å². The van der Waals surface area contributed by atoms with Crippen LogP contribution in [0.1, 0.15) is 33.4 Å². The van der Waals surface area contributed by atoms with E-state index < -0.39 is 10.0 Å². The first-order valence-corrected chi connectivity index (χ1v) is 10.3. The molecule has 0 unspecified atom stereocenters. The van der Waals surface area contributed by atoms with E-state index in [1.165, 1.54) is 17.1 Å². The van der Waals surface area contributed by atoms with Gasteiger partial charge < -0.3 is 0 Å². The van der Waals surface area contributed by atoms with E-state index in [0.717, 1.165) is 16.7 Å². The summed E-state index contributed by atoms with van der Waals surface area (Å²) in [5, 5.41) is 4.13. The van der Waals surface area contributed by atoms with Gasteiger partial charge in [0.05, 0.1) is 11.4 Å². The van der Waals surface area contributed by atoms with Gasteiger partial charge >= 0.3 is 0 Å². The van der Waals surface area contributed by atoms with Crippen molar-refractivity contribution in [2.75, 3.05) is 4.72 Å². The van der Waals surface area contributed by atoms with Crippen molar-refractivity contribution in [2.24, 2.45) is 0 Å². The van der Waals surface area contributed by atoms with Crippen LogP contribution in [0.15, 0.2) is 35.5 Å². The molecule has 0 saturated heterocycles. The van der Waals surface area contributed by atoms with Gasteiger partial charge in [0.1, 0.15) is 12.1 Å². The summed E-state index contributed by atoms with van der Waals surface area (Å²) >= 11 is 0. The number of halogens is 1. The molecule has 0 bridgehead atoms. The lowest BCUT2D eigenvalue weighted by atomic mass is 9.95. The van der Waals surface area contributed by atoms with Gasteiger partial charge in [0.15, 0.2) is 0 Å². The van der Waals surface area contributed by atoms with Crippen molar-refractivity contribution in [2.45, 2.75) is 46.1 Å². The molecule has 0 fully saturated rings. The molecular weight excluding hydrogens is 379 g/mol. The number of nitrogens with one attached hydrogen (secondary N) is 1. The van der Waals surface area contributed by atoms with Crippen LogP contribution in [0, 0.1) is 40.4 Å². The third-order valence-electron chi connectivity index (χ3n) is 5.25. The van der Waals surface area contributed by atoms with E-state index in [1.54, 1.807) is 32.0 Å². The molecular formula is C20H23FN4O2S. The number of benzene rings is 2. The Morgan fingerprint density at radius 2 is 1.54 bits per heavy atom. The molecule has 6 nitrogen and oxygen atoms in total. The number of hydrogen-bond acceptors (Lipinski definition) is 4. The molecule has 1 heterocycles. The molecule has 0 atom stereocenters. The van der Waals surface area contributed by atoms with Gasteiger partial charge in [-0.05, 0) is 68.5 Å². The van der Waals surface area contributed by atoms with Crippen LogP contribution in [-0.2, 0) is 16.6 Å². The second-order valence-corrected chi connectivity index (χ2v) is 8.54. The Morgan fingerprint density at radius 1 is 0.964 bits per heavy atom. The van der Waals surface area contributed by atoms with Crippen LogP contribution >= 0.6 is 0 Å². The summed E-state index contributed by atoms with van der Waals surface area (Å²) < 4.78 is 43.7. The maximum absolute atomic E-state index is 13.8. The van der Waals surface area contributed by atoms with Crippen LogP contribution in [0.5, 0.6) is 0 Å². The maximum Gasteiger partial charge on any atom is 0.264 e. The summed E-state index contributed by atoms with van der Waals surface area (Å²) in [4.78, 5) is 4.26. The van der Waals surface area contributed by atoms with Crippen LogP contribution in [0.2, 0.25) is 0 Å². The third kappa shape index (κ3) is 3.64. The molecule has 1 N–H and O–H groups in total. The van der Waals surface area contributed by atoms with Crippen molar-refractivity contribution in [3.8, 4) is 0 Å². The lowest BCUT2D eigenvalue weighted by Crippen LogP contribution is -2.18. The number of rotatable bonds is 5. The highest BCUT2D eigenvalue weighted by Crippen LogP contribution is 2.30. The Hall–Kier alpha value is -2.74. The fraction of sp³-hybridized carbons (Fsp3) is 0.300. The number of sulfonamides is 1. The predicted octanol–water partition coefficient (Wildman–Crippen LogP) is 3.81. The quantitative estimate of drug-likeness (QED) is 0.704. The summed E-state index contributed by atoms with van der Waals surface area (Å²) in [6, 6.07) is 6.34. The van der Waals surface area contributed by atoms with Crippen molar-refractivity contribution in [3.63, 3.8) is 0 Å². The molecule has 0 aliphatic carbocycles. The third-order valence-corrected chi connectivity index (χ3v) is 6.85. The Labute approximate surface area is 164 Å². The SMILES string of the molecule is Cc1c(C)c(C)c(S(=O)(=O)Nc2ncn(Cc3ccccc3F)n2)c(C)c1C. The Kier molecular flexibility index (Phi) is 5.25. The van der Waals surface area contributed by atoms with Crippen molar-refractivity contribution in [1.82, 2.24) is 14.8 Å². The molecule has 1 aromatic heterocycles. The number of aromatic nitrogens is 3. The van der Waals surface area contributed by atoms with Gasteiger partial charge in [0.25, 0.3) is 16.0 Å². The van der Waals surface area contributed by atoms with Gasteiger partial charge in [-0.25, -0.2) is 22.2 Å². The molecule has 8 heteroatoms. The summed E-state index contributed by atoms with van der Waals surface area (Å²) in [7, 11) is -3.87. The van der Waals surface area contributed by atoms with Crippen molar-refractivity contribution in [1.29, 1.82) is 0 Å². The molecule has 0 saturated carbocycles. The lowest BCUT2D eigenvalue weighted by molar-refractivity contribution is 0.584. The zero-order chi connectivity index (χ0) is 20.6. The largest absolute Gasteiger partial charge is 0.264 e. The number of anilines is 1. The molecule has 0 spiro atoms. The average Bonchev–Trinajstić information content (AvgIpc) is 3.06. The van der Waals surface area contributed by atoms with Gasteiger partial charge in [-0.3, -0.25) is 0 Å². The van der Waals surface area contributed by atoms with E-state index in [2.05, 4.69) is 14.8 Å². The van der Waals surface area contributed by atoms with Gasteiger partial charge in [-0.2, -0.15) is 4.98 Å². The Morgan fingerprint density at radius 3 is 2.14 bits per heavy atom. The first-order chi connectivity index (χ1) is 13.1. The minimum Gasteiger partial charge on any atom is -0.246 e. The molecule has 0 radical (unpaired) electrons. The summed E-state index contributed by atoms with van der Waals surface area (Å²) in [6.45, 7) is 9.57. The minimum atomic E-state index is -3.87. The van der Waals surface area contributed by atoms with Crippen molar-refractivity contribution < 1.29 is 12.8 Å². The van der Waals surface area contributed by atoms with E-state index in [9.17, 15) is 12.8 Å². The smallest absolute Gasteiger partial charge is 0.246 e. The fourth-order valence-electron chi connectivity index (χ4n) is 3.26. The molecule has 3 aromatic rings. The Bertz CT molecular complexity index is 1120. The first-order valence-electron chi connectivity index (χ1n) is 8.84. The maximum atomic E-state index is 13.8. The van der Waals surface area contributed by atoms with E-state index >= 15 is 0 Å². The zero-order valence-electron chi connectivity index (χ0n) is 16.5. The predicted molar refractivity (Wildman–Crippen MR) is 106 cm³/mol. The normalized spacial score (nSPS) is 11.6. The van der Waals surface area contributed by atoms with Crippen LogP contribution < -0.4 is 4.72 Å². The lowest BCUT2D eigenvalue weighted by Gasteiger charge is -2.18.